The van der Waals surface area contributed by atoms with Crippen LogP contribution in [0.15, 0.2) is 17.6 Å². The van der Waals surface area contributed by atoms with Crippen LogP contribution >= 0.6 is 11.3 Å². The van der Waals surface area contributed by atoms with Gasteiger partial charge in [0.2, 0.25) is 0 Å². The van der Waals surface area contributed by atoms with Gasteiger partial charge in [-0.1, -0.05) is 0 Å². The Morgan fingerprint density at radius 1 is 1.44 bits per heavy atom. The predicted octanol–water partition coefficient (Wildman–Crippen LogP) is 2.06. The van der Waals surface area contributed by atoms with Gasteiger partial charge in [0, 0.05) is 30.1 Å². The average molecular weight is 261 g/mol. The van der Waals surface area contributed by atoms with Gasteiger partial charge < -0.3 is 10.6 Å². The number of aromatic nitrogens is 3. The first-order valence-electron chi connectivity index (χ1n) is 6.04. The number of hydrogen-bond donors (Lipinski definition) is 2. The lowest BCUT2D eigenvalue weighted by Gasteiger charge is -2.10. The van der Waals surface area contributed by atoms with Crippen molar-refractivity contribution >= 4 is 22.3 Å². The molecule has 94 valence electrons. The molecule has 3 rings (SSSR count). The summed E-state index contributed by atoms with van der Waals surface area (Å²) in [7, 11) is 0. The average Bonchev–Trinajstić information content (AvgIpc) is 3.00. The summed E-state index contributed by atoms with van der Waals surface area (Å²) >= 11 is 1.57. The van der Waals surface area contributed by atoms with Crippen LogP contribution in [0.25, 0.3) is 0 Å². The maximum atomic E-state index is 4.54. The van der Waals surface area contributed by atoms with Crippen LogP contribution in [-0.4, -0.2) is 28.0 Å². The molecule has 0 bridgehead atoms. The molecule has 1 aliphatic rings. The van der Waals surface area contributed by atoms with Crippen molar-refractivity contribution in [3.05, 3.63) is 29.2 Å². The molecule has 3 heterocycles. The summed E-state index contributed by atoms with van der Waals surface area (Å²) < 4.78 is 0. The molecule has 5 nitrogen and oxygen atoms in total. The molecule has 1 saturated heterocycles. The van der Waals surface area contributed by atoms with E-state index in [1.807, 2.05) is 18.4 Å². The Morgan fingerprint density at radius 3 is 3.11 bits per heavy atom. The first-order chi connectivity index (χ1) is 8.81. The number of rotatable bonds is 3. The molecule has 1 fully saturated rings. The number of hydrogen-bond acceptors (Lipinski definition) is 6. The third-order valence-electron chi connectivity index (χ3n) is 3.00. The summed E-state index contributed by atoms with van der Waals surface area (Å²) in [5, 5.41) is 9.40. The standard InChI is InChI=1S/C12H15N5S/c1-8-15-10(9-2-3-13-7-9)6-11(16-8)17-12-14-4-5-18-12/h4-6,9,13H,2-3,7H2,1H3,(H,14,15,16,17). The largest absolute Gasteiger partial charge is 0.316 e. The summed E-state index contributed by atoms with van der Waals surface area (Å²) in [6.07, 6.45) is 2.93. The van der Waals surface area contributed by atoms with Gasteiger partial charge in [0.1, 0.15) is 11.6 Å². The molecule has 2 N–H and O–H groups in total. The fourth-order valence-corrected chi connectivity index (χ4v) is 2.70. The highest BCUT2D eigenvalue weighted by molar-refractivity contribution is 7.13. The lowest BCUT2D eigenvalue weighted by molar-refractivity contribution is 0.725. The monoisotopic (exact) mass is 261 g/mol. The van der Waals surface area contributed by atoms with Crippen LogP contribution < -0.4 is 10.6 Å². The van der Waals surface area contributed by atoms with Gasteiger partial charge in [0.25, 0.3) is 0 Å². The van der Waals surface area contributed by atoms with E-state index in [9.17, 15) is 0 Å². The topological polar surface area (TPSA) is 62.7 Å². The summed E-state index contributed by atoms with van der Waals surface area (Å²) in [6.45, 7) is 4.01. The second-order valence-electron chi connectivity index (χ2n) is 4.38. The molecule has 0 spiro atoms. The Labute approximate surface area is 110 Å². The van der Waals surface area contributed by atoms with Gasteiger partial charge in [-0.3, -0.25) is 0 Å². The van der Waals surface area contributed by atoms with E-state index in [1.165, 1.54) is 0 Å². The van der Waals surface area contributed by atoms with Crippen molar-refractivity contribution in [2.45, 2.75) is 19.3 Å². The van der Waals surface area contributed by atoms with E-state index in [0.29, 0.717) is 5.92 Å². The van der Waals surface area contributed by atoms with E-state index in [-0.39, 0.29) is 0 Å². The number of aryl methyl sites for hydroxylation is 1. The predicted molar refractivity (Wildman–Crippen MR) is 72.4 cm³/mol. The van der Waals surface area contributed by atoms with E-state index in [0.717, 1.165) is 42.0 Å². The maximum absolute atomic E-state index is 4.54. The highest BCUT2D eigenvalue weighted by Crippen LogP contribution is 2.24. The van der Waals surface area contributed by atoms with Gasteiger partial charge in [-0.25, -0.2) is 15.0 Å². The number of nitrogens with one attached hydrogen (secondary N) is 2. The number of anilines is 2. The van der Waals surface area contributed by atoms with Crippen LogP contribution in [0.2, 0.25) is 0 Å². The number of thiazole rings is 1. The Morgan fingerprint density at radius 2 is 2.39 bits per heavy atom. The van der Waals surface area contributed by atoms with Crippen molar-refractivity contribution in [2.75, 3.05) is 18.4 Å². The van der Waals surface area contributed by atoms with E-state index in [4.69, 9.17) is 0 Å². The van der Waals surface area contributed by atoms with Crippen LogP contribution in [-0.2, 0) is 0 Å². The minimum absolute atomic E-state index is 0.503. The van der Waals surface area contributed by atoms with Crippen LogP contribution in [0.1, 0.15) is 23.9 Å². The molecular formula is C12H15N5S. The van der Waals surface area contributed by atoms with Crippen molar-refractivity contribution in [3.63, 3.8) is 0 Å². The molecule has 0 aliphatic carbocycles. The van der Waals surface area contributed by atoms with Crippen LogP contribution in [0.3, 0.4) is 0 Å². The van der Waals surface area contributed by atoms with Crippen LogP contribution in [0.5, 0.6) is 0 Å². The molecule has 0 saturated carbocycles. The molecule has 2 aromatic heterocycles. The zero-order valence-corrected chi connectivity index (χ0v) is 11.0. The van der Waals surface area contributed by atoms with Crippen molar-refractivity contribution < 1.29 is 0 Å². The fraction of sp³-hybridized carbons (Fsp3) is 0.417. The van der Waals surface area contributed by atoms with Gasteiger partial charge in [-0.2, -0.15) is 0 Å². The highest BCUT2D eigenvalue weighted by atomic mass is 32.1. The van der Waals surface area contributed by atoms with Gasteiger partial charge in [0.15, 0.2) is 5.13 Å². The third-order valence-corrected chi connectivity index (χ3v) is 3.69. The molecule has 2 aromatic rings. The van der Waals surface area contributed by atoms with Gasteiger partial charge in [-0.15, -0.1) is 11.3 Å². The van der Waals surface area contributed by atoms with E-state index in [2.05, 4.69) is 25.6 Å². The first kappa shape index (κ1) is 11.6. The Kier molecular flexibility index (Phi) is 3.21. The molecule has 1 unspecified atom stereocenters. The highest BCUT2D eigenvalue weighted by Gasteiger charge is 2.19. The lowest BCUT2D eigenvalue weighted by Crippen LogP contribution is -2.10. The van der Waals surface area contributed by atoms with Gasteiger partial charge >= 0.3 is 0 Å². The minimum Gasteiger partial charge on any atom is -0.316 e. The zero-order valence-electron chi connectivity index (χ0n) is 10.2. The quantitative estimate of drug-likeness (QED) is 0.885. The Bertz CT molecular complexity index is 519. The second-order valence-corrected chi connectivity index (χ2v) is 5.27. The summed E-state index contributed by atoms with van der Waals surface area (Å²) in [4.78, 5) is 13.1. The van der Waals surface area contributed by atoms with Crippen molar-refractivity contribution in [2.24, 2.45) is 0 Å². The Balaban J connectivity index is 1.85. The van der Waals surface area contributed by atoms with Crippen LogP contribution in [0.4, 0.5) is 10.9 Å². The molecule has 18 heavy (non-hydrogen) atoms. The zero-order chi connectivity index (χ0) is 12.4. The summed E-state index contributed by atoms with van der Waals surface area (Å²) in [5.74, 6) is 2.14. The molecule has 0 aromatic carbocycles. The normalized spacial score (nSPS) is 19.1. The molecular weight excluding hydrogens is 246 g/mol. The van der Waals surface area contributed by atoms with E-state index >= 15 is 0 Å². The van der Waals surface area contributed by atoms with E-state index in [1.54, 1.807) is 17.5 Å². The molecule has 6 heteroatoms. The molecule has 1 atom stereocenters. The van der Waals surface area contributed by atoms with Gasteiger partial charge in [-0.05, 0) is 19.9 Å². The SMILES string of the molecule is Cc1nc(Nc2nccs2)cc(C2CCNC2)n1. The summed E-state index contributed by atoms with van der Waals surface area (Å²) in [5.41, 5.74) is 1.12. The van der Waals surface area contributed by atoms with Crippen molar-refractivity contribution in [1.82, 2.24) is 20.3 Å². The van der Waals surface area contributed by atoms with Gasteiger partial charge in [0.05, 0.1) is 5.69 Å². The lowest BCUT2D eigenvalue weighted by atomic mass is 10.0. The van der Waals surface area contributed by atoms with E-state index < -0.39 is 0 Å². The molecule has 0 amide bonds. The molecule has 1 aliphatic heterocycles. The smallest absolute Gasteiger partial charge is 0.188 e. The first-order valence-corrected chi connectivity index (χ1v) is 6.92. The summed E-state index contributed by atoms with van der Waals surface area (Å²) in [6, 6.07) is 2.03. The fourth-order valence-electron chi connectivity index (χ4n) is 2.17. The van der Waals surface area contributed by atoms with Crippen molar-refractivity contribution in [3.8, 4) is 0 Å². The minimum atomic E-state index is 0.503. The Hall–Kier alpha value is -1.53. The third kappa shape index (κ3) is 2.49. The van der Waals surface area contributed by atoms with Crippen molar-refractivity contribution in [1.29, 1.82) is 0 Å². The number of nitrogens with zero attached hydrogens (tertiary/aromatic N) is 3. The second kappa shape index (κ2) is 4.99. The van der Waals surface area contributed by atoms with Crippen LogP contribution in [0, 0.1) is 6.92 Å². The maximum Gasteiger partial charge on any atom is 0.188 e. The molecule has 0 radical (unpaired) electrons.